The number of rotatable bonds is 9. The summed E-state index contributed by atoms with van der Waals surface area (Å²) < 4.78 is 14.0. The van der Waals surface area contributed by atoms with Crippen molar-refractivity contribution in [1.82, 2.24) is 30.1 Å². The van der Waals surface area contributed by atoms with Gasteiger partial charge in [0.2, 0.25) is 0 Å². The summed E-state index contributed by atoms with van der Waals surface area (Å²) >= 11 is 0. The Kier molecular flexibility index (Phi) is 7.95. The molecular weight excluding hydrogens is 560 g/mol. The molecule has 3 fully saturated rings. The topological polar surface area (TPSA) is 135 Å². The van der Waals surface area contributed by atoms with Crippen molar-refractivity contribution in [2.45, 2.75) is 69.0 Å². The number of aromatic nitrogens is 3. The number of carbonyl (C=O) groups excluding carboxylic acids is 1. The molecule has 2 aromatic carbocycles. The largest absolute Gasteiger partial charge is 0.493 e. The number of ether oxygens (including phenoxy) is 1. The average Bonchev–Trinajstić information content (AvgIpc) is 3.66. The van der Waals surface area contributed by atoms with Crippen molar-refractivity contribution in [3.8, 4) is 17.0 Å². The zero-order valence-electron chi connectivity index (χ0n) is 24.7. The molecule has 0 radical (unpaired) electrons. The fourth-order valence-electron chi connectivity index (χ4n) is 6.68. The van der Waals surface area contributed by atoms with Gasteiger partial charge in [0.05, 0.1) is 30.7 Å². The molecule has 0 unspecified atom stereocenters. The number of imidazole rings is 1. The molecule has 11 heteroatoms. The van der Waals surface area contributed by atoms with Gasteiger partial charge >= 0.3 is 6.09 Å². The first kappa shape index (κ1) is 28.4. The zero-order valence-corrected chi connectivity index (χ0v) is 24.7. The molecule has 3 heterocycles. The third-order valence-corrected chi connectivity index (χ3v) is 9.07. The van der Waals surface area contributed by atoms with Gasteiger partial charge in [0.25, 0.3) is 5.91 Å². The van der Waals surface area contributed by atoms with Crippen LogP contribution in [0.5, 0.6) is 5.75 Å². The summed E-state index contributed by atoms with van der Waals surface area (Å²) in [4.78, 5) is 37.1. The standard InChI is InChI=1S/C33H38N6O5/c40-32(29-30(21-6-2-1-3-7-21)39(20-35-29)27-9-5-4-8-25(27)37-33(41)42)38-16-15-34-19-23(38)14-17-43-24-12-13-28-26(18-24)36-31(44-28)22-10-11-22/h1-3,6-7,12-13,18,20,22-23,25,27,34,37H,4-5,8-11,14-17,19H2,(H,41,42)/t23-,25+,27+/m1/s1. The molecular formula is C33H38N6O5. The van der Waals surface area contributed by atoms with E-state index in [-0.39, 0.29) is 24.0 Å². The molecule has 1 aliphatic heterocycles. The van der Waals surface area contributed by atoms with Crippen LogP contribution in [-0.4, -0.2) is 74.9 Å². The summed E-state index contributed by atoms with van der Waals surface area (Å²) in [6.45, 7) is 2.37. The van der Waals surface area contributed by atoms with Gasteiger partial charge in [0.1, 0.15) is 11.3 Å². The lowest BCUT2D eigenvalue weighted by Gasteiger charge is -2.36. The zero-order chi connectivity index (χ0) is 30.0. The van der Waals surface area contributed by atoms with E-state index >= 15 is 0 Å². The van der Waals surface area contributed by atoms with Crippen LogP contribution in [0, 0.1) is 0 Å². The predicted molar refractivity (Wildman–Crippen MR) is 164 cm³/mol. The molecule has 44 heavy (non-hydrogen) atoms. The van der Waals surface area contributed by atoms with Crippen LogP contribution < -0.4 is 15.4 Å². The van der Waals surface area contributed by atoms with Crippen molar-refractivity contribution in [2.24, 2.45) is 0 Å². The average molecular weight is 599 g/mol. The van der Waals surface area contributed by atoms with Crippen LogP contribution in [-0.2, 0) is 0 Å². The Morgan fingerprint density at radius 3 is 2.75 bits per heavy atom. The number of piperazine rings is 1. The number of oxazole rings is 1. The molecule has 3 atom stereocenters. The SMILES string of the molecule is O=C(O)N[C@H]1CCCC[C@@H]1n1cnc(C(=O)N2CCNC[C@H]2CCOc2ccc3oc(C4CC4)nc3c2)c1-c1ccccc1. The third kappa shape index (κ3) is 5.88. The number of benzene rings is 2. The van der Waals surface area contributed by atoms with Gasteiger partial charge in [-0.1, -0.05) is 43.2 Å². The number of hydrogen-bond acceptors (Lipinski definition) is 7. The fourth-order valence-corrected chi connectivity index (χ4v) is 6.68. The van der Waals surface area contributed by atoms with E-state index in [1.54, 1.807) is 6.33 Å². The van der Waals surface area contributed by atoms with Gasteiger partial charge in [-0.05, 0) is 37.8 Å². The quantitative estimate of drug-likeness (QED) is 0.239. The number of carboxylic acid groups (broad SMARTS) is 1. The highest BCUT2D eigenvalue weighted by atomic mass is 16.5. The minimum Gasteiger partial charge on any atom is -0.493 e. The fraction of sp³-hybridized carbons (Fsp3) is 0.455. The van der Waals surface area contributed by atoms with Crippen LogP contribution in [0.15, 0.2) is 59.3 Å². The van der Waals surface area contributed by atoms with E-state index in [9.17, 15) is 14.7 Å². The van der Waals surface area contributed by atoms with Gasteiger partial charge in [-0.15, -0.1) is 0 Å². The van der Waals surface area contributed by atoms with Gasteiger partial charge in [0, 0.05) is 49.6 Å². The molecule has 11 nitrogen and oxygen atoms in total. The molecule has 2 aromatic heterocycles. The lowest BCUT2D eigenvalue weighted by atomic mass is 9.89. The van der Waals surface area contributed by atoms with Crippen LogP contribution in [0.2, 0.25) is 0 Å². The van der Waals surface area contributed by atoms with Crippen molar-refractivity contribution >= 4 is 23.1 Å². The van der Waals surface area contributed by atoms with E-state index in [4.69, 9.17) is 14.1 Å². The second-order valence-electron chi connectivity index (χ2n) is 12.1. The highest BCUT2D eigenvalue weighted by Gasteiger charge is 2.35. The van der Waals surface area contributed by atoms with Crippen molar-refractivity contribution in [3.05, 3.63) is 66.4 Å². The minimum atomic E-state index is -1.03. The number of nitrogens with zero attached hydrogens (tertiary/aromatic N) is 4. The lowest BCUT2D eigenvalue weighted by Crippen LogP contribution is -2.54. The van der Waals surface area contributed by atoms with E-state index in [0.29, 0.717) is 44.3 Å². The summed E-state index contributed by atoms with van der Waals surface area (Å²) in [6, 6.07) is 15.1. The van der Waals surface area contributed by atoms with E-state index < -0.39 is 6.09 Å². The van der Waals surface area contributed by atoms with Gasteiger partial charge in [-0.2, -0.15) is 0 Å². The maximum absolute atomic E-state index is 14.3. The Morgan fingerprint density at radius 2 is 1.93 bits per heavy atom. The molecule has 230 valence electrons. The Balaban J connectivity index is 1.10. The van der Waals surface area contributed by atoms with Gasteiger partial charge in [-0.25, -0.2) is 14.8 Å². The smallest absolute Gasteiger partial charge is 0.404 e. The predicted octanol–water partition coefficient (Wildman–Crippen LogP) is 5.20. The molecule has 7 rings (SSSR count). The maximum atomic E-state index is 14.3. The normalized spacial score (nSPS) is 22.2. The van der Waals surface area contributed by atoms with E-state index in [1.807, 2.05) is 58.0 Å². The summed E-state index contributed by atoms with van der Waals surface area (Å²) in [6.07, 6.45) is 7.11. The number of fused-ring (bicyclic) bond motifs is 1. The van der Waals surface area contributed by atoms with E-state index in [1.165, 1.54) is 0 Å². The van der Waals surface area contributed by atoms with E-state index in [2.05, 4.69) is 15.6 Å². The molecule has 2 saturated carbocycles. The Hall–Kier alpha value is -4.38. The summed E-state index contributed by atoms with van der Waals surface area (Å²) in [7, 11) is 0. The Morgan fingerprint density at radius 1 is 1.09 bits per heavy atom. The molecule has 3 N–H and O–H groups in total. The van der Waals surface area contributed by atoms with Crippen LogP contribution in [0.4, 0.5) is 4.79 Å². The van der Waals surface area contributed by atoms with Gasteiger partial charge < -0.3 is 34.4 Å². The van der Waals surface area contributed by atoms with Crippen LogP contribution in [0.25, 0.3) is 22.4 Å². The maximum Gasteiger partial charge on any atom is 0.404 e. The van der Waals surface area contributed by atoms with Gasteiger partial charge in [0.15, 0.2) is 17.2 Å². The summed E-state index contributed by atoms with van der Waals surface area (Å²) in [5.41, 5.74) is 3.60. The number of nitrogens with one attached hydrogen (secondary N) is 2. The highest BCUT2D eigenvalue weighted by molar-refractivity contribution is 5.98. The molecule has 2 aliphatic carbocycles. The summed E-state index contributed by atoms with van der Waals surface area (Å²) in [5.74, 6) is 1.88. The molecule has 1 saturated heterocycles. The molecule has 3 aliphatic rings. The van der Waals surface area contributed by atoms with Crippen molar-refractivity contribution < 1.29 is 23.8 Å². The molecule has 4 aromatic rings. The first-order valence-corrected chi connectivity index (χ1v) is 15.7. The minimum absolute atomic E-state index is 0.0709. The number of amides is 2. The molecule has 0 bridgehead atoms. The second-order valence-corrected chi connectivity index (χ2v) is 12.1. The Bertz CT molecular complexity index is 1630. The summed E-state index contributed by atoms with van der Waals surface area (Å²) in [5, 5.41) is 15.6. The number of hydrogen-bond donors (Lipinski definition) is 3. The Labute approximate surface area is 255 Å². The van der Waals surface area contributed by atoms with Crippen molar-refractivity contribution in [2.75, 3.05) is 26.2 Å². The molecule has 0 spiro atoms. The van der Waals surface area contributed by atoms with E-state index in [0.717, 1.165) is 72.5 Å². The van der Waals surface area contributed by atoms with Gasteiger partial charge in [-0.3, -0.25) is 4.79 Å². The third-order valence-electron chi connectivity index (χ3n) is 9.07. The van der Waals surface area contributed by atoms with Crippen LogP contribution >= 0.6 is 0 Å². The van der Waals surface area contributed by atoms with Crippen molar-refractivity contribution in [1.29, 1.82) is 0 Å². The lowest BCUT2D eigenvalue weighted by molar-refractivity contribution is 0.0601. The highest BCUT2D eigenvalue weighted by Crippen LogP contribution is 2.41. The van der Waals surface area contributed by atoms with Crippen LogP contribution in [0.1, 0.15) is 73.3 Å². The van der Waals surface area contributed by atoms with Crippen LogP contribution in [0.3, 0.4) is 0 Å². The van der Waals surface area contributed by atoms with Crippen molar-refractivity contribution in [3.63, 3.8) is 0 Å². The first-order chi connectivity index (χ1) is 21.5. The second kappa shape index (κ2) is 12.3. The molecule has 2 amide bonds. The number of carbonyl (C=O) groups is 2. The first-order valence-electron chi connectivity index (χ1n) is 15.7. The monoisotopic (exact) mass is 598 g/mol.